The molecule has 8 heteroatoms. The Morgan fingerprint density at radius 1 is 0.304 bits per heavy atom. The Balaban J connectivity index is 1.26. The molecule has 0 fully saturated rings. The highest BCUT2D eigenvalue weighted by Gasteiger charge is 2.40. The van der Waals surface area contributed by atoms with Crippen LogP contribution in [0.5, 0.6) is 0 Å². The average Bonchev–Trinajstić information content (AvgIpc) is 3.43. The van der Waals surface area contributed by atoms with Gasteiger partial charge in [-0.25, -0.2) is 0 Å². The lowest BCUT2D eigenvalue weighted by atomic mass is 10.1. The molecule has 10 rings (SSSR count). The van der Waals surface area contributed by atoms with Crippen molar-refractivity contribution < 1.29 is 18.3 Å². The summed E-state index contributed by atoms with van der Waals surface area (Å²) in [5.74, 6) is 0. The van der Waals surface area contributed by atoms with Gasteiger partial charge in [0.25, 0.3) is 0 Å². The summed E-state index contributed by atoms with van der Waals surface area (Å²) in [5, 5.41) is 6.50. The maximum Gasteiger partial charge on any atom is 0.171 e. The van der Waals surface area contributed by atoms with Crippen molar-refractivity contribution in [1.82, 2.24) is 0 Å². The largest absolute Gasteiger partial charge is 0.313 e. The molecule has 69 heavy (non-hydrogen) atoms. The molecule has 0 bridgehead atoms. The molecular weight excluding hydrogens is 921 g/mol. The molecule has 0 saturated heterocycles. The number of benzene rings is 8. The predicted molar refractivity (Wildman–Crippen MR) is 294 cm³/mol. The van der Waals surface area contributed by atoms with Crippen molar-refractivity contribution in [3.63, 3.8) is 0 Å². The van der Waals surface area contributed by atoms with Gasteiger partial charge in [0.2, 0.25) is 0 Å². The number of hydrogen-bond donors (Lipinski definition) is 0. The average molecular weight is 973 g/mol. The molecule has 0 N–H and O–H groups in total. The zero-order valence-corrected chi connectivity index (χ0v) is 41.7. The third kappa shape index (κ3) is 8.82. The first-order valence-electron chi connectivity index (χ1n) is 23.4. The van der Waals surface area contributed by atoms with Crippen LogP contribution >= 0.6 is 28.6 Å². The van der Waals surface area contributed by atoms with Gasteiger partial charge in [-0.1, -0.05) is 231 Å². The van der Waals surface area contributed by atoms with Gasteiger partial charge in [-0.05, 0) is 66.8 Å². The summed E-state index contributed by atoms with van der Waals surface area (Å²) < 4.78 is 65.8. The quantitative estimate of drug-likeness (QED) is 0.102. The fourth-order valence-electron chi connectivity index (χ4n) is 9.98. The lowest BCUT2D eigenvalue weighted by molar-refractivity contribution is 0.581. The molecule has 0 aromatic heterocycles. The van der Waals surface area contributed by atoms with Crippen LogP contribution in [0.15, 0.2) is 267 Å². The van der Waals surface area contributed by atoms with Crippen molar-refractivity contribution in [3.8, 4) is 0 Å². The SMILES string of the molecule is O=P(c1ccccc1)(c1ccccc1)c1cc(Cc2cc(P(=O)(c3ccccc3)c3ccccc3)cc(P(=O)(c3ccccc3)C3C=CC=CC3)c2)cc(P(=O)(c2ccccc2)C2C=CC=CC2)c1. The van der Waals surface area contributed by atoms with Gasteiger partial charge >= 0.3 is 0 Å². The molecule has 0 spiro atoms. The minimum atomic E-state index is -3.60. The number of allylic oxidation sites excluding steroid dienone is 8. The molecule has 8 aromatic carbocycles. The van der Waals surface area contributed by atoms with E-state index in [0.29, 0.717) is 55.3 Å². The Labute approximate surface area is 406 Å². The van der Waals surface area contributed by atoms with Gasteiger partial charge in [-0.15, -0.1) is 0 Å². The van der Waals surface area contributed by atoms with Crippen LogP contribution in [0.3, 0.4) is 0 Å². The first-order chi connectivity index (χ1) is 33.7. The van der Waals surface area contributed by atoms with E-state index < -0.39 is 28.6 Å². The summed E-state index contributed by atoms with van der Waals surface area (Å²) in [7, 11) is -14.2. The summed E-state index contributed by atoms with van der Waals surface area (Å²) >= 11 is 0. The molecule has 4 atom stereocenters. The molecule has 2 aliphatic rings. The smallest absolute Gasteiger partial charge is 0.171 e. The topological polar surface area (TPSA) is 68.3 Å². The Morgan fingerprint density at radius 3 is 0.855 bits per heavy atom. The molecule has 0 amide bonds. The highest BCUT2D eigenvalue weighted by atomic mass is 31.2. The molecule has 0 aliphatic heterocycles. The normalized spacial score (nSPS) is 17.4. The van der Waals surface area contributed by atoms with E-state index in [-0.39, 0.29) is 17.7 Å². The van der Waals surface area contributed by atoms with E-state index in [9.17, 15) is 0 Å². The first-order valence-corrected chi connectivity index (χ1v) is 30.4. The molecule has 4 unspecified atom stereocenters. The second kappa shape index (κ2) is 19.9. The molecule has 4 nitrogen and oxygen atoms in total. The Kier molecular flexibility index (Phi) is 13.4. The van der Waals surface area contributed by atoms with Gasteiger partial charge < -0.3 is 18.3 Å². The van der Waals surface area contributed by atoms with Crippen LogP contribution in [0.1, 0.15) is 24.0 Å². The van der Waals surface area contributed by atoms with E-state index in [2.05, 4.69) is 12.2 Å². The highest BCUT2D eigenvalue weighted by molar-refractivity contribution is 7.86. The van der Waals surface area contributed by atoms with Crippen LogP contribution in [0.25, 0.3) is 0 Å². The lowest BCUT2D eigenvalue weighted by Gasteiger charge is -2.30. The van der Waals surface area contributed by atoms with Crippen molar-refractivity contribution in [3.05, 3.63) is 278 Å². The van der Waals surface area contributed by atoms with Crippen molar-refractivity contribution in [2.24, 2.45) is 0 Å². The highest BCUT2D eigenvalue weighted by Crippen LogP contribution is 2.54. The molecule has 0 heterocycles. The van der Waals surface area contributed by atoms with E-state index in [1.807, 2.05) is 255 Å². The Bertz CT molecular complexity index is 3110. The number of rotatable bonds is 14. The summed E-state index contributed by atoms with van der Waals surface area (Å²) in [6.07, 6.45) is 17.6. The van der Waals surface area contributed by atoms with E-state index in [4.69, 9.17) is 0 Å². The van der Waals surface area contributed by atoms with Gasteiger partial charge in [-0.3, -0.25) is 0 Å². The third-order valence-electron chi connectivity index (χ3n) is 13.4. The fraction of sp³-hybridized carbons (Fsp3) is 0.0820. The zero-order chi connectivity index (χ0) is 47.3. The Hall–Kier alpha value is -6.36. The van der Waals surface area contributed by atoms with Gasteiger partial charge in [-0.2, -0.15) is 0 Å². The predicted octanol–water partition coefficient (Wildman–Crippen LogP) is 11.0. The van der Waals surface area contributed by atoms with Crippen molar-refractivity contribution >= 4 is 81.6 Å². The summed E-state index contributed by atoms with van der Waals surface area (Å²) in [6, 6.07) is 69.7. The molecular formula is C61H52O4P4. The van der Waals surface area contributed by atoms with Gasteiger partial charge in [0, 0.05) is 64.4 Å². The molecule has 0 radical (unpaired) electrons. The van der Waals surface area contributed by atoms with Gasteiger partial charge in [0.15, 0.2) is 14.3 Å². The first kappa shape index (κ1) is 46.4. The van der Waals surface area contributed by atoms with Crippen molar-refractivity contribution in [1.29, 1.82) is 0 Å². The molecule has 340 valence electrons. The number of hydrogen-bond acceptors (Lipinski definition) is 4. The second-order valence-corrected chi connectivity index (χ2v) is 29.2. The Morgan fingerprint density at radius 2 is 0.580 bits per heavy atom. The maximum absolute atomic E-state index is 16.5. The molecule has 8 aromatic rings. The minimum absolute atomic E-state index is 0.277. The monoisotopic (exact) mass is 972 g/mol. The van der Waals surface area contributed by atoms with Crippen molar-refractivity contribution in [2.45, 2.75) is 30.6 Å². The maximum atomic E-state index is 16.5. The molecule has 2 aliphatic carbocycles. The minimum Gasteiger partial charge on any atom is -0.313 e. The lowest BCUT2D eigenvalue weighted by Crippen LogP contribution is -2.32. The van der Waals surface area contributed by atoms with Gasteiger partial charge in [0.05, 0.1) is 0 Å². The van der Waals surface area contributed by atoms with Crippen LogP contribution in [0.4, 0.5) is 0 Å². The van der Waals surface area contributed by atoms with Crippen LogP contribution in [-0.4, -0.2) is 11.3 Å². The summed E-state index contributed by atoms with van der Waals surface area (Å²) in [6.45, 7) is 0. The summed E-state index contributed by atoms with van der Waals surface area (Å²) in [4.78, 5) is 0. The third-order valence-corrected chi connectivity index (χ3v) is 26.3. The van der Waals surface area contributed by atoms with E-state index >= 15 is 18.3 Å². The van der Waals surface area contributed by atoms with Crippen LogP contribution in [-0.2, 0) is 24.7 Å². The van der Waals surface area contributed by atoms with Crippen LogP contribution in [0, 0.1) is 0 Å². The summed E-state index contributed by atoms with van der Waals surface area (Å²) in [5.41, 5.74) is 0.891. The van der Waals surface area contributed by atoms with E-state index in [1.165, 1.54) is 0 Å². The second-order valence-electron chi connectivity index (χ2n) is 17.7. The van der Waals surface area contributed by atoms with Crippen LogP contribution < -0.4 is 53.0 Å². The van der Waals surface area contributed by atoms with E-state index in [1.54, 1.807) is 0 Å². The van der Waals surface area contributed by atoms with Gasteiger partial charge in [0.1, 0.15) is 14.3 Å². The van der Waals surface area contributed by atoms with E-state index in [0.717, 1.165) is 21.7 Å². The standard InChI is InChI=1S/C61H52O4P4/c62-66(50-25-9-1-10-26-50,51-27-11-2-12-28-51)58-42-48(43-59(46-58)67(63,52-29-13-3-14-30-52)53-31-15-4-16-32-53)41-49-44-60(68(64,54-33-17-5-18-34-54)55-35-19-6-20-36-55)47-61(45-49)69(65,56-37-21-7-22-38-56)57-39-23-8-24-40-57/h1-31,33-39,42-47,53,57H,32,40-41H2. The molecule has 0 saturated carbocycles. The zero-order valence-electron chi connectivity index (χ0n) is 38.1. The van der Waals surface area contributed by atoms with Crippen LogP contribution in [0.2, 0.25) is 0 Å². The van der Waals surface area contributed by atoms with Crippen molar-refractivity contribution in [2.75, 3.05) is 0 Å². The fourth-order valence-corrected chi connectivity index (χ4v) is 21.9.